The monoisotopic (exact) mass is 412 g/mol. The van der Waals surface area contributed by atoms with E-state index in [2.05, 4.69) is 20.9 Å². The predicted molar refractivity (Wildman–Crippen MR) is 102 cm³/mol. The minimum atomic E-state index is -0.769. The summed E-state index contributed by atoms with van der Waals surface area (Å²) < 4.78 is 8.78. The lowest BCUT2D eigenvalue weighted by atomic mass is 10.1. The summed E-state index contributed by atoms with van der Waals surface area (Å²) in [4.78, 5) is 29.5. The fraction of sp³-hybridized carbons (Fsp3) is 0.0556. The molecule has 4 rings (SSSR count). The SMILES string of the molecule is COC(=O)c1c(N)c2ccc(Br)cc2n(-c2ccc3nccn3c2)c1=O. The molecule has 0 aliphatic rings. The van der Waals surface area contributed by atoms with E-state index in [1.807, 2.05) is 0 Å². The molecular formula is C18H13BrN4O3. The third kappa shape index (κ3) is 2.38. The Morgan fingerprint density at radius 2 is 2.08 bits per heavy atom. The number of carbonyl (C=O) groups is 1. The number of ether oxygens (including phenoxy) is 1. The average molecular weight is 413 g/mol. The second kappa shape index (κ2) is 5.99. The van der Waals surface area contributed by atoms with Crippen molar-refractivity contribution in [3.05, 3.63) is 69.3 Å². The van der Waals surface area contributed by atoms with Gasteiger partial charge in [-0.15, -0.1) is 0 Å². The number of esters is 1. The molecule has 0 aliphatic heterocycles. The highest BCUT2D eigenvalue weighted by molar-refractivity contribution is 9.10. The second-order valence-corrected chi connectivity index (χ2v) is 6.58. The van der Waals surface area contributed by atoms with E-state index < -0.39 is 11.5 Å². The molecule has 2 N–H and O–H groups in total. The van der Waals surface area contributed by atoms with Gasteiger partial charge in [0.2, 0.25) is 0 Å². The van der Waals surface area contributed by atoms with Gasteiger partial charge >= 0.3 is 5.97 Å². The van der Waals surface area contributed by atoms with Gasteiger partial charge in [-0.25, -0.2) is 9.78 Å². The molecule has 0 bridgehead atoms. The van der Waals surface area contributed by atoms with Gasteiger partial charge in [-0.05, 0) is 30.3 Å². The zero-order valence-electron chi connectivity index (χ0n) is 13.6. The zero-order chi connectivity index (χ0) is 18.4. The standard InChI is InChI=1S/C18H13BrN4O3/c1-26-18(25)15-16(20)12-4-2-10(19)8-13(12)23(17(15)24)11-3-5-14-21-6-7-22(14)9-11/h2-9H,20H2,1H3. The highest BCUT2D eigenvalue weighted by Crippen LogP contribution is 2.28. The number of anilines is 1. The van der Waals surface area contributed by atoms with Gasteiger partial charge in [0.05, 0.1) is 24.0 Å². The number of halogens is 1. The molecule has 0 saturated carbocycles. The number of benzene rings is 1. The molecule has 0 spiro atoms. The van der Waals surface area contributed by atoms with Gasteiger partial charge in [0.25, 0.3) is 5.56 Å². The third-order valence-corrected chi connectivity index (χ3v) is 4.69. The lowest BCUT2D eigenvalue weighted by molar-refractivity contribution is 0.0600. The Morgan fingerprint density at radius 1 is 1.27 bits per heavy atom. The molecule has 130 valence electrons. The van der Waals surface area contributed by atoms with Crippen LogP contribution in [0.15, 0.2) is 58.2 Å². The van der Waals surface area contributed by atoms with Crippen LogP contribution in [0.25, 0.3) is 22.2 Å². The smallest absolute Gasteiger partial charge is 0.345 e. The number of imidazole rings is 1. The first kappa shape index (κ1) is 16.3. The van der Waals surface area contributed by atoms with Crippen molar-refractivity contribution in [1.82, 2.24) is 14.0 Å². The number of hydrogen-bond donors (Lipinski definition) is 1. The molecule has 26 heavy (non-hydrogen) atoms. The Bertz CT molecular complexity index is 1240. The maximum atomic E-state index is 13.1. The highest BCUT2D eigenvalue weighted by Gasteiger charge is 2.22. The zero-order valence-corrected chi connectivity index (χ0v) is 15.2. The molecule has 0 atom stereocenters. The van der Waals surface area contributed by atoms with Gasteiger partial charge in [0, 0.05) is 28.4 Å². The maximum absolute atomic E-state index is 13.1. The van der Waals surface area contributed by atoms with E-state index in [1.165, 1.54) is 11.7 Å². The van der Waals surface area contributed by atoms with Crippen LogP contribution in [0.5, 0.6) is 0 Å². The molecule has 0 unspecified atom stereocenters. The van der Waals surface area contributed by atoms with Crippen LogP contribution >= 0.6 is 15.9 Å². The largest absolute Gasteiger partial charge is 0.465 e. The molecule has 0 saturated heterocycles. The van der Waals surface area contributed by atoms with Crippen molar-refractivity contribution in [2.45, 2.75) is 0 Å². The van der Waals surface area contributed by atoms with Crippen LogP contribution in [0.2, 0.25) is 0 Å². The normalized spacial score (nSPS) is 11.2. The van der Waals surface area contributed by atoms with Gasteiger partial charge in [-0.1, -0.05) is 15.9 Å². The molecule has 3 heterocycles. The molecule has 0 amide bonds. The number of methoxy groups -OCH3 is 1. The Morgan fingerprint density at radius 3 is 2.85 bits per heavy atom. The minimum Gasteiger partial charge on any atom is -0.465 e. The lowest BCUT2D eigenvalue weighted by Gasteiger charge is -2.15. The van der Waals surface area contributed by atoms with Crippen molar-refractivity contribution < 1.29 is 9.53 Å². The number of rotatable bonds is 2. The molecule has 3 aromatic heterocycles. The Labute approximate surface area is 155 Å². The van der Waals surface area contributed by atoms with E-state index in [0.717, 1.165) is 10.1 Å². The Hall–Kier alpha value is -3.13. The Balaban J connectivity index is 2.17. The van der Waals surface area contributed by atoms with Gasteiger partial charge in [0.15, 0.2) is 0 Å². The minimum absolute atomic E-state index is 0.101. The highest BCUT2D eigenvalue weighted by atomic mass is 79.9. The average Bonchev–Trinajstić information content (AvgIpc) is 3.09. The van der Waals surface area contributed by atoms with Crippen LogP contribution in [-0.4, -0.2) is 27.0 Å². The second-order valence-electron chi connectivity index (χ2n) is 5.66. The van der Waals surface area contributed by atoms with Crippen LogP contribution in [0, 0.1) is 0 Å². The first-order chi connectivity index (χ1) is 12.5. The number of nitrogen functional groups attached to an aromatic ring is 1. The summed E-state index contributed by atoms with van der Waals surface area (Å²) in [6.45, 7) is 0. The van der Waals surface area contributed by atoms with Crippen LogP contribution in [0.1, 0.15) is 10.4 Å². The third-order valence-electron chi connectivity index (χ3n) is 4.20. The van der Waals surface area contributed by atoms with Crippen LogP contribution in [0.4, 0.5) is 5.69 Å². The van der Waals surface area contributed by atoms with Gasteiger partial charge in [0.1, 0.15) is 11.2 Å². The topological polar surface area (TPSA) is 91.6 Å². The quantitative estimate of drug-likeness (QED) is 0.511. The number of aromatic nitrogens is 3. The first-order valence-electron chi connectivity index (χ1n) is 7.66. The van der Waals surface area contributed by atoms with Crippen molar-refractivity contribution in [3.63, 3.8) is 0 Å². The number of hydrogen-bond acceptors (Lipinski definition) is 5. The molecule has 0 radical (unpaired) electrons. The first-order valence-corrected chi connectivity index (χ1v) is 8.45. The van der Waals surface area contributed by atoms with Crippen LogP contribution < -0.4 is 11.3 Å². The van der Waals surface area contributed by atoms with Gasteiger partial charge < -0.3 is 14.9 Å². The van der Waals surface area contributed by atoms with E-state index >= 15 is 0 Å². The van der Waals surface area contributed by atoms with Crippen LogP contribution in [0.3, 0.4) is 0 Å². The summed E-state index contributed by atoms with van der Waals surface area (Å²) in [5.41, 5.74) is 7.40. The number of nitrogens with zero attached hydrogens (tertiary/aromatic N) is 3. The van der Waals surface area contributed by atoms with Crippen molar-refractivity contribution >= 4 is 44.1 Å². The molecule has 0 aliphatic carbocycles. The molecule has 4 aromatic rings. The Kier molecular flexibility index (Phi) is 3.77. The van der Waals surface area contributed by atoms with E-state index in [1.54, 1.807) is 53.3 Å². The molecule has 7 nitrogen and oxygen atoms in total. The number of pyridine rings is 2. The summed E-state index contributed by atoms with van der Waals surface area (Å²) in [6.07, 6.45) is 5.21. The molecule has 0 fully saturated rings. The summed E-state index contributed by atoms with van der Waals surface area (Å²) in [5, 5.41) is 0.582. The summed E-state index contributed by atoms with van der Waals surface area (Å²) >= 11 is 3.42. The maximum Gasteiger partial charge on any atom is 0.345 e. The predicted octanol–water partition coefficient (Wildman–Crippen LogP) is 2.77. The lowest BCUT2D eigenvalue weighted by Crippen LogP contribution is -2.28. The fourth-order valence-electron chi connectivity index (χ4n) is 2.98. The van der Waals surface area contributed by atoms with Gasteiger partial charge in [-0.3, -0.25) is 9.36 Å². The van der Waals surface area contributed by atoms with Crippen molar-refractivity contribution in [1.29, 1.82) is 0 Å². The fourth-order valence-corrected chi connectivity index (χ4v) is 3.33. The van der Waals surface area contributed by atoms with E-state index in [-0.39, 0.29) is 11.3 Å². The van der Waals surface area contributed by atoms with E-state index in [4.69, 9.17) is 10.5 Å². The number of carbonyl (C=O) groups excluding carboxylic acids is 1. The van der Waals surface area contributed by atoms with Crippen molar-refractivity contribution in [3.8, 4) is 5.69 Å². The van der Waals surface area contributed by atoms with Crippen molar-refractivity contribution in [2.24, 2.45) is 0 Å². The molecular weight excluding hydrogens is 400 g/mol. The van der Waals surface area contributed by atoms with E-state index in [9.17, 15) is 9.59 Å². The molecule has 8 heteroatoms. The van der Waals surface area contributed by atoms with Crippen molar-refractivity contribution in [2.75, 3.05) is 12.8 Å². The number of fused-ring (bicyclic) bond motifs is 2. The number of nitrogens with two attached hydrogens (primary N) is 1. The molecule has 1 aromatic carbocycles. The van der Waals surface area contributed by atoms with Gasteiger partial charge in [-0.2, -0.15) is 0 Å². The summed E-state index contributed by atoms with van der Waals surface area (Å²) in [5.74, 6) is -0.769. The van der Waals surface area contributed by atoms with E-state index in [0.29, 0.717) is 16.6 Å². The van der Waals surface area contributed by atoms with Crippen LogP contribution in [-0.2, 0) is 4.74 Å². The summed E-state index contributed by atoms with van der Waals surface area (Å²) in [7, 11) is 1.22. The summed E-state index contributed by atoms with van der Waals surface area (Å²) in [6, 6.07) is 8.90.